The predicted octanol–water partition coefficient (Wildman–Crippen LogP) is 4.70. The zero-order valence-electron chi connectivity index (χ0n) is 15.9. The molecule has 1 radical (unpaired) electrons. The molecule has 4 rings (SSSR count). The first-order valence-corrected chi connectivity index (χ1v) is 9.90. The normalized spacial score (nSPS) is 20.8. The molecule has 1 N–H and O–H groups in total. The molecule has 0 amide bonds. The van der Waals surface area contributed by atoms with E-state index in [0.29, 0.717) is 18.8 Å². The Morgan fingerprint density at radius 2 is 1.82 bits per heavy atom. The molecule has 2 fully saturated rings. The van der Waals surface area contributed by atoms with Gasteiger partial charge in [-0.05, 0) is 43.2 Å². The van der Waals surface area contributed by atoms with Gasteiger partial charge < -0.3 is 9.78 Å². The lowest BCUT2D eigenvalue weighted by atomic mass is 9.63. The van der Waals surface area contributed by atoms with Gasteiger partial charge in [0.1, 0.15) is 0 Å². The maximum Gasteiger partial charge on any atom is 0.270 e. The first-order valence-electron chi connectivity index (χ1n) is 9.90. The summed E-state index contributed by atoms with van der Waals surface area (Å²) in [6.07, 6.45) is 4.13. The van der Waals surface area contributed by atoms with E-state index in [9.17, 15) is 18.4 Å². The predicted molar refractivity (Wildman–Crippen MR) is 105 cm³/mol. The van der Waals surface area contributed by atoms with Crippen LogP contribution >= 0.6 is 0 Å². The minimum Gasteiger partial charge on any atom is -0.325 e. The van der Waals surface area contributed by atoms with E-state index >= 15 is 0 Å². The maximum atomic E-state index is 13.6. The molecule has 6 heteroatoms. The Hall–Kier alpha value is -2.24. The molecule has 1 saturated heterocycles. The standard InChI is InChI=1S/C22H23BF2NO2/c1-22(24,25)15-6-4-14(5-7-15)18(12-16-8-11-20(27)23-16)19-10-9-17(13-2-3-13)21(28)26-19/h4-7,9-10,13,16,18H,2-3,8,11-12H2,1H3,(H,26,28)/t16-,18?/m1/s1. The van der Waals surface area contributed by atoms with Crippen LogP contribution in [0, 0.1) is 0 Å². The van der Waals surface area contributed by atoms with Crippen LogP contribution in [-0.4, -0.2) is 17.9 Å². The molecular weight excluding hydrogens is 359 g/mol. The molecule has 2 atom stereocenters. The molecule has 1 aliphatic carbocycles. The largest absolute Gasteiger partial charge is 0.325 e. The Kier molecular flexibility index (Phi) is 4.98. The van der Waals surface area contributed by atoms with E-state index in [1.807, 2.05) is 12.1 Å². The summed E-state index contributed by atoms with van der Waals surface area (Å²) in [6, 6.07) is 10.2. The monoisotopic (exact) mass is 382 g/mol. The number of carbonyl (C=O) groups is 1. The van der Waals surface area contributed by atoms with Crippen molar-refractivity contribution in [2.45, 2.75) is 62.6 Å². The molecule has 28 heavy (non-hydrogen) atoms. The van der Waals surface area contributed by atoms with Crippen molar-refractivity contribution >= 4 is 13.0 Å². The highest BCUT2D eigenvalue weighted by Gasteiger charge is 2.31. The number of rotatable bonds is 6. The maximum absolute atomic E-state index is 13.6. The number of H-pyrrole nitrogens is 1. The molecule has 2 heterocycles. The smallest absolute Gasteiger partial charge is 0.270 e. The fraction of sp³-hybridized carbons (Fsp3) is 0.455. The number of aromatic nitrogens is 1. The molecule has 0 spiro atoms. The fourth-order valence-corrected chi connectivity index (χ4v) is 4.12. The molecule has 2 aliphatic rings. The van der Waals surface area contributed by atoms with Crippen LogP contribution in [0.3, 0.4) is 0 Å². The van der Waals surface area contributed by atoms with Crippen LogP contribution in [0.2, 0.25) is 5.82 Å². The van der Waals surface area contributed by atoms with Gasteiger partial charge in [-0.2, -0.15) is 0 Å². The summed E-state index contributed by atoms with van der Waals surface area (Å²) in [5.74, 6) is -2.54. The SMILES string of the molecule is CC(F)(F)c1ccc(C(C[C@@H]2[B]C(=O)CC2)c2ccc(C3CC3)c(=O)[nH]2)cc1. The first kappa shape index (κ1) is 19.1. The van der Waals surface area contributed by atoms with E-state index < -0.39 is 5.92 Å². The van der Waals surface area contributed by atoms with Gasteiger partial charge in [0.15, 0.2) is 0 Å². The Balaban J connectivity index is 1.66. The number of pyridine rings is 1. The minimum absolute atomic E-state index is 0.0322. The zero-order chi connectivity index (χ0) is 19.9. The Morgan fingerprint density at radius 1 is 1.11 bits per heavy atom. The number of aromatic amines is 1. The zero-order valence-corrected chi connectivity index (χ0v) is 15.9. The third-order valence-electron chi connectivity index (χ3n) is 5.90. The van der Waals surface area contributed by atoms with Crippen molar-refractivity contribution in [3.63, 3.8) is 0 Å². The van der Waals surface area contributed by atoms with Crippen LogP contribution in [-0.2, 0) is 10.7 Å². The van der Waals surface area contributed by atoms with Gasteiger partial charge in [0.05, 0.1) is 5.68 Å². The molecule has 145 valence electrons. The van der Waals surface area contributed by atoms with E-state index in [1.54, 1.807) is 19.4 Å². The second-order valence-electron chi connectivity index (χ2n) is 8.20. The molecule has 0 bridgehead atoms. The van der Waals surface area contributed by atoms with E-state index in [2.05, 4.69) is 4.98 Å². The summed E-state index contributed by atoms with van der Waals surface area (Å²) in [7, 11) is 1.76. The average molecular weight is 382 g/mol. The third-order valence-corrected chi connectivity index (χ3v) is 5.90. The molecule has 3 nitrogen and oxygen atoms in total. The molecule has 2 aromatic rings. The summed E-state index contributed by atoms with van der Waals surface area (Å²) in [5, 5.41) is 0. The summed E-state index contributed by atoms with van der Waals surface area (Å²) < 4.78 is 27.1. The van der Waals surface area contributed by atoms with Crippen molar-refractivity contribution in [1.82, 2.24) is 4.98 Å². The summed E-state index contributed by atoms with van der Waals surface area (Å²) in [4.78, 5) is 27.2. The summed E-state index contributed by atoms with van der Waals surface area (Å²) >= 11 is 0. The Bertz CT molecular complexity index is 929. The molecular formula is C22H23BF2NO2. The van der Waals surface area contributed by atoms with Crippen LogP contribution < -0.4 is 5.56 Å². The number of hydrogen-bond donors (Lipinski definition) is 1. The number of hydrogen-bond acceptors (Lipinski definition) is 2. The van der Waals surface area contributed by atoms with Gasteiger partial charge in [0.2, 0.25) is 7.28 Å². The average Bonchev–Trinajstić information content (AvgIpc) is 3.40. The van der Waals surface area contributed by atoms with Gasteiger partial charge in [-0.3, -0.25) is 4.79 Å². The first-order chi connectivity index (χ1) is 13.3. The lowest BCUT2D eigenvalue weighted by molar-refractivity contribution is -0.111. The van der Waals surface area contributed by atoms with Crippen molar-refractivity contribution in [2.24, 2.45) is 0 Å². The number of halogens is 2. The van der Waals surface area contributed by atoms with E-state index in [0.717, 1.165) is 43.0 Å². The van der Waals surface area contributed by atoms with Crippen molar-refractivity contribution in [1.29, 1.82) is 0 Å². The molecule has 1 aromatic heterocycles. The minimum atomic E-state index is -2.89. The van der Waals surface area contributed by atoms with Crippen LogP contribution in [0.25, 0.3) is 0 Å². The highest BCUT2D eigenvalue weighted by atomic mass is 19.3. The van der Waals surface area contributed by atoms with Gasteiger partial charge in [-0.1, -0.05) is 42.6 Å². The number of alkyl halides is 2. The van der Waals surface area contributed by atoms with Gasteiger partial charge >= 0.3 is 0 Å². The summed E-state index contributed by atoms with van der Waals surface area (Å²) in [5.41, 5.74) is 2.53. The summed E-state index contributed by atoms with van der Waals surface area (Å²) in [6.45, 7) is 0.882. The molecule has 1 aromatic carbocycles. The quantitative estimate of drug-likeness (QED) is 0.737. The molecule has 1 unspecified atom stereocenters. The van der Waals surface area contributed by atoms with Crippen molar-refractivity contribution < 1.29 is 13.6 Å². The number of benzene rings is 1. The lowest BCUT2D eigenvalue weighted by Crippen LogP contribution is -2.18. The van der Waals surface area contributed by atoms with Gasteiger partial charge in [-0.15, -0.1) is 0 Å². The van der Waals surface area contributed by atoms with Crippen LogP contribution in [0.15, 0.2) is 41.2 Å². The highest BCUT2D eigenvalue weighted by Crippen LogP contribution is 2.40. The third kappa shape index (κ3) is 4.11. The number of carbonyl (C=O) groups excluding carboxylic acids is 1. The second-order valence-corrected chi connectivity index (χ2v) is 8.20. The van der Waals surface area contributed by atoms with Gasteiger partial charge in [0, 0.05) is 29.7 Å². The second kappa shape index (κ2) is 7.30. The van der Waals surface area contributed by atoms with Gasteiger partial charge in [-0.25, -0.2) is 8.78 Å². The van der Waals surface area contributed by atoms with Crippen molar-refractivity contribution in [3.05, 3.63) is 69.1 Å². The van der Waals surface area contributed by atoms with E-state index in [4.69, 9.17) is 0 Å². The molecule has 1 aliphatic heterocycles. The van der Waals surface area contributed by atoms with Crippen LogP contribution in [0.1, 0.15) is 73.2 Å². The van der Waals surface area contributed by atoms with Gasteiger partial charge in [0.25, 0.3) is 11.5 Å². The van der Waals surface area contributed by atoms with Crippen LogP contribution in [0.5, 0.6) is 0 Å². The molecule has 1 saturated carbocycles. The van der Waals surface area contributed by atoms with Crippen molar-refractivity contribution in [3.8, 4) is 0 Å². The van der Waals surface area contributed by atoms with Crippen molar-refractivity contribution in [2.75, 3.05) is 0 Å². The fourth-order valence-electron chi connectivity index (χ4n) is 4.12. The van der Waals surface area contributed by atoms with E-state index in [-0.39, 0.29) is 28.5 Å². The van der Waals surface area contributed by atoms with E-state index in [1.165, 1.54) is 12.1 Å². The highest BCUT2D eigenvalue weighted by molar-refractivity contribution is 6.76. The Labute approximate surface area is 163 Å². The topological polar surface area (TPSA) is 49.9 Å². The Morgan fingerprint density at radius 3 is 2.36 bits per heavy atom. The number of nitrogens with one attached hydrogen (secondary N) is 1. The lowest BCUT2D eigenvalue weighted by Gasteiger charge is -2.22. The van der Waals surface area contributed by atoms with Crippen LogP contribution in [0.4, 0.5) is 8.78 Å².